The summed E-state index contributed by atoms with van der Waals surface area (Å²) in [4.78, 5) is 19.8. The van der Waals surface area contributed by atoms with E-state index in [-0.39, 0.29) is 11.2 Å². The molecule has 1 saturated carbocycles. The van der Waals surface area contributed by atoms with Gasteiger partial charge in [-0.05, 0) is 74.8 Å². The minimum Gasteiger partial charge on any atom is -0.348 e. The Morgan fingerprint density at radius 2 is 1.81 bits per heavy atom. The van der Waals surface area contributed by atoms with Crippen molar-refractivity contribution in [3.05, 3.63) is 35.6 Å². The third-order valence-electron chi connectivity index (χ3n) is 7.52. The van der Waals surface area contributed by atoms with Crippen LogP contribution >= 0.6 is 0 Å². The standard InChI is InChI=1S/C22H32FN3O/c1-24(2)20(27)22-9-8-21(19(22)15-25(3)16-22)10-12-26(13-11-21)14-17-4-6-18(23)7-5-17/h4-7,19H,8-16H2,1-3H3/t19-,22+/m0/s1. The molecule has 5 heteroatoms. The number of halogens is 1. The van der Waals surface area contributed by atoms with E-state index in [1.807, 2.05) is 31.1 Å². The van der Waals surface area contributed by atoms with E-state index in [0.29, 0.717) is 17.2 Å². The van der Waals surface area contributed by atoms with E-state index in [2.05, 4.69) is 16.8 Å². The Morgan fingerprint density at radius 1 is 1.15 bits per heavy atom. The molecule has 2 heterocycles. The summed E-state index contributed by atoms with van der Waals surface area (Å²) in [6, 6.07) is 6.88. The fourth-order valence-corrected chi connectivity index (χ4v) is 6.19. The van der Waals surface area contributed by atoms with Crippen LogP contribution in [0.4, 0.5) is 4.39 Å². The maximum absolute atomic E-state index is 13.1. The summed E-state index contributed by atoms with van der Waals surface area (Å²) in [7, 11) is 5.98. The maximum Gasteiger partial charge on any atom is 0.229 e. The first-order chi connectivity index (χ1) is 12.8. The minimum absolute atomic E-state index is 0.169. The number of piperidine rings is 1. The lowest BCUT2D eigenvalue weighted by Crippen LogP contribution is -2.48. The molecule has 3 fully saturated rings. The Morgan fingerprint density at radius 3 is 2.44 bits per heavy atom. The topological polar surface area (TPSA) is 26.8 Å². The van der Waals surface area contributed by atoms with Crippen LogP contribution in [-0.4, -0.2) is 67.9 Å². The normalized spacial score (nSPS) is 30.6. The van der Waals surface area contributed by atoms with Gasteiger partial charge in [-0.2, -0.15) is 0 Å². The van der Waals surface area contributed by atoms with Crippen LogP contribution in [0.5, 0.6) is 0 Å². The molecule has 2 saturated heterocycles. The van der Waals surface area contributed by atoms with E-state index >= 15 is 0 Å². The number of amides is 1. The van der Waals surface area contributed by atoms with Gasteiger partial charge in [-0.3, -0.25) is 9.69 Å². The van der Waals surface area contributed by atoms with Gasteiger partial charge in [-0.15, -0.1) is 0 Å². The zero-order valence-electron chi connectivity index (χ0n) is 16.9. The number of carbonyl (C=O) groups is 1. The SMILES string of the molecule is CN1C[C@H]2C3(CCN(Cc4ccc(F)cc4)CC3)CC[C@@]2(C(=O)N(C)C)C1. The molecule has 3 aliphatic rings. The van der Waals surface area contributed by atoms with Crippen molar-refractivity contribution in [1.82, 2.24) is 14.7 Å². The Bertz CT molecular complexity index is 696. The summed E-state index contributed by atoms with van der Waals surface area (Å²) in [5.41, 5.74) is 1.32. The quantitative estimate of drug-likeness (QED) is 0.815. The Hall–Kier alpha value is -1.46. The van der Waals surface area contributed by atoms with Gasteiger partial charge in [-0.1, -0.05) is 12.1 Å². The summed E-state index contributed by atoms with van der Waals surface area (Å²) in [6.07, 6.45) is 4.58. The van der Waals surface area contributed by atoms with Crippen molar-refractivity contribution in [2.75, 3.05) is 47.3 Å². The minimum atomic E-state index is -0.172. The largest absolute Gasteiger partial charge is 0.348 e. The van der Waals surface area contributed by atoms with Crippen molar-refractivity contribution >= 4 is 5.91 Å². The molecule has 0 aromatic heterocycles. The van der Waals surface area contributed by atoms with Gasteiger partial charge in [0.2, 0.25) is 5.91 Å². The fraction of sp³-hybridized carbons (Fsp3) is 0.682. The molecule has 0 unspecified atom stereocenters. The zero-order valence-corrected chi connectivity index (χ0v) is 16.9. The second-order valence-corrected chi connectivity index (χ2v) is 9.37. The van der Waals surface area contributed by atoms with Crippen LogP contribution in [0, 0.1) is 22.6 Å². The van der Waals surface area contributed by atoms with Crippen LogP contribution < -0.4 is 0 Å². The van der Waals surface area contributed by atoms with E-state index < -0.39 is 0 Å². The number of likely N-dealkylation sites (tertiary alicyclic amines) is 2. The number of hydrogen-bond donors (Lipinski definition) is 0. The molecule has 0 bridgehead atoms. The highest BCUT2D eigenvalue weighted by Gasteiger charge is 2.63. The number of fused-ring (bicyclic) bond motifs is 2. The summed E-state index contributed by atoms with van der Waals surface area (Å²) >= 11 is 0. The van der Waals surface area contributed by atoms with Gasteiger partial charge in [0.25, 0.3) is 0 Å². The molecule has 1 aromatic carbocycles. The summed E-state index contributed by atoms with van der Waals surface area (Å²) in [6.45, 7) is 5.00. The van der Waals surface area contributed by atoms with E-state index in [0.717, 1.165) is 39.1 Å². The number of hydrogen-bond acceptors (Lipinski definition) is 3. The first-order valence-corrected chi connectivity index (χ1v) is 10.2. The Labute approximate surface area is 162 Å². The monoisotopic (exact) mass is 373 g/mol. The van der Waals surface area contributed by atoms with Crippen LogP contribution in [0.25, 0.3) is 0 Å². The molecule has 1 spiro atoms. The van der Waals surface area contributed by atoms with E-state index in [9.17, 15) is 9.18 Å². The Balaban J connectivity index is 1.46. The number of rotatable bonds is 3. The van der Waals surface area contributed by atoms with Crippen molar-refractivity contribution in [3.8, 4) is 0 Å². The molecule has 0 N–H and O–H groups in total. The van der Waals surface area contributed by atoms with Crippen LogP contribution in [0.15, 0.2) is 24.3 Å². The van der Waals surface area contributed by atoms with Gasteiger partial charge >= 0.3 is 0 Å². The average Bonchev–Trinajstić information content (AvgIpc) is 3.13. The lowest BCUT2D eigenvalue weighted by molar-refractivity contribution is -0.141. The molecule has 4 rings (SSSR count). The molecule has 2 aliphatic heterocycles. The highest BCUT2D eigenvalue weighted by molar-refractivity contribution is 5.84. The maximum atomic E-state index is 13.1. The van der Waals surface area contributed by atoms with Gasteiger partial charge in [0.05, 0.1) is 5.41 Å². The molecule has 1 aliphatic carbocycles. The molecule has 4 nitrogen and oxygen atoms in total. The smallest absolute Gasteiger partial charge is 0.229 e. The number of carbonyl (C=O) groups excluding carboxylic acids is 1. The second kappa shape index (κ2) is 6.85. The fourth-order valence-electron chi connectivity index (χ4n) is 6.19. The van der Waals surface area contributed by atoms with Gasteiger partial charge in [0.15, 0.2) is 0 Å². The molecule has 148 valence electrons. The van der Waals surface area contributed by atoms with Crippen LogP contribution in [-0.2, 0) is 11.3 Å². The predicted octanol–water partition coefficient (Wildman–Crippen LogP) is 2.84. The van der Waals surface area contributed by atoms with Crippen molar-refractivity contribution < 1.29 is 9.18 Å². The highest BCUT2D eigenvalue weighted by Crippen LogP contribution is 2.62. The van der Waals surface area contributed by atoms with Crippen molar-refractivity contribution in [2.45, 2.75) is 32.2 Å². The summed E-state index contributed by atoms with van der Waals surface area (Å²) in [5, 5.41) is 0. The lowest BCUT2D eigenvalue weighted by Gasteiger charge is -2.44. The predicted molar refractivity (Wildman–Crippen MR) is 105 cm³/mol. The van der Waals surface area contributed by atoms with Crippen LogP contribution in [0.1, 0.15) is 31.2 Å². The molecular weight excluding hydrogens is 341 g/mol. The summed E-state index contributed by atoms with van der Waals surface area (Å²) in [5.74, 6) is 0.648. The van der Waals surface area contributed by atoms with E-state index in [1.165, 1.54) is 24.8 Å². The van der Waals surface area contributed by atoms with Crippen molar-refractivity contribution in [1.29, 1.82) is 0 Å². The number of nitrogens with zero attached hydrogens (tertiary/aromatic N) is 3. The van der Waals surface area contributed by atoms with Gasteiger partial charge < -0.3 is 9.80 Å². The average molecular weight is 374 g/mol. The molecule has 0 radical (unpaired) electrons. The first-order valence-electron chi connectivity index (χ1n) is 10.2. The van der Waals surface area contributed by atoms with Gasteiger partial charge in [0, 0.05) is 33.7 Å². The highest BCUT2D eigenvalue weighted by atomic mass is 19.1. The van der Waals surface area contributed by atoms with E-state index in [4.69, 9.17) is 0 Å². The molecule has 1 aromatic rings. The third kappa shape index (κ3) is 3.19. The second-order valence-electron chi connectivity index (χ2n) is 9.37. The molecule has 27 heavy (non-hydrogen) atoms. The molecule has 1 amide bonds. The number of benzene rings is 1. The lowest BCUT2D eigenvalue weighted by atomic mass is 9.65. The van der Waals surface area contributed by atoms with Gasteiger partial charge in [-0.25, -0.2) is 4.39 Å². The first kappa shape index (κ1) is 18.9. The Kier molecular flexibility index (Phi) is 4.79. The molecule has 2 atom stereocenters. The third-order valence-corrected chi connectivity index (χ3v) is 7.52. The molecular formula is C22H32FN3O. The van der Waals surface area contributed by atoms with E-state index in [1.54, 1.807) is 12.1 Å². The van der Waals surface area contributed by atoms with Crippen LogP contribution in [0.3, 0.4) is 0 Å². The zero-order chi connectivity index (χ0) is 19.2. The van der Waals surface area contributed by atoms with Crippen molar-refractivity contribution in [3.63, 3.8) is 0 Å². The summed E-state index contributed by atoms with van der Waals surface area (Å²) < 4.78 is 13.1. The van der Waals surface area contributed by atoms with Crippen LogP contribution in [0.2, 0.25) is 0 Å². The van der Waals surface area contributed by atoms with Crippen molar-refractivity contribution in [2.24, 2.45) is 16.7 Å². The van der Waals surface area contributed by atoms with Gasteiger partial charge in [0.1, 0.15) is 5.82 Å².